The molecule has 0 bridgehead atoms. The second-order valence-electron chi connectivity index (χ2n) is 2.67. The van der Waals surface area contributed by atoms with Crippen molar-refractivity contribution in [2.75, 3.05) is 0 Å². The van der Waals surface area contributed by atoms with E-state index < -0.39 is 23.3 Å². The number of hydrogen-bond acceptors (Lipinski definition) is 2. The predicted octanol–water partition coefficient (Wildman–Crippen LogP) is 1.60. The molecule has 0 fully saturated rings. The second kappa shape index (κ2) is 4.37. The van der Waals surface area contributed by atoms with Crippen molar-refractivity contribution in [3.8, 4) is 6.07 Å². The lowest BCUT2D eigenvalue weighted by atomic mass is 10.1. The third kappa shape index (κ3) is 2.40. The van der Waals surface area contributed by atoms with E-state index >= 15 is 0 Å². The average molecular weight is 212 g/mol. The summed E-state index contributed by atoms with van der Waals surface area (Å²) in [6.07, 6.45) is -1.33. The number of nitrogens with one attached hydrogen (secondary N) is 1. The molecule has 0 unspecified atom stereocenters. The molecule has 1 aromatic carbocycles. The van der Waals surface area contributed by atoms with Crippen LogP contribution < -0.4 is 5.32 Å². The van der Waals surface area contributed by atoms with E-state index in [4.69, 9.17) is 10.4 Å². The smallest absolute Gasteiger partial charge is 0.404 e. The van der Waals surface area contributed by atoms with Gasteiger partial charge in [-0.1, -0.05) is 6.07 Å². The summed E-state index contributed by atoms with van der Waals surface area (Å²) in [5, 5.41) is 18.5. The quantitative estimate of drug-likeness (QED) is 0.781. The van der Waals surface area contributed by atoms with Gasteiger partial charge >= 0.3 is 6.09 Å². The summed E-state index contributed by atoms with van der Waals surface area (Å²) in [4.78, 5) is 10.1. The fourth-order valence-electron chi connectivity index (χ4n) is 0.983. The van der Waals surface area contributed by atoms with Crippen molar-refractivity contribution < 1.29 is 18.7 Å². The Morgan fingerprint density at radius 2 is 2.13 bits per heavy atom. The van der Waals surface area contributed by atoms with E-state index in [0.717, 1.165) is 12.1 Å². The Morgan fingerprint density at radius 3 is 2.67 bits per heavy atom. The van der Waals surface area contributed by atoms with E-state index in [0.29, 0.717) is 0 Å². The molecule has 15 heavy (non-hydrogen) atoms. The lowest BCUT2D eigenvalue weighted by Crippen LogP contribution is -2.21. The van der Waals surface area contributed by atoms with Gasteiger partial charge in [0.15, 0.2) is 11.6 Å². The molecule has 0 aliphatic heterocycles. The fraction of sp³-hybridized carbons (Fsp3) is 0.111. The molecule has 1 amide bonds. The second-order valence-corrected chi connectivity index (χ2v) is 2.67. The molecule has 0 saturated heterocycles. The van der Waals surface area contributed by atoms with Crippen LogP contribution in [0.5, 0.6) is 0 Å². The van der Waals surface area contributed by atoms with Crippen LogP contribution in [0.2, 0.25) is 0 Å². The molecule has 0 atom stereocenters. The summed E-state index contributed by atoms with van der Waals surface area (Å²) in [7, 11) is 0. The van der Waals surface area contributed by atoms with Crippen LogP contribution in [0.1, 0.15) is 11.1 Å². The first-order valence-corrected chi connectivity index (χ1v) is 3.90. The lowest BCUT2D eigenvalue weighted by molar-refractivity contribution is 0.194. The molecule has 1 aromatic rings. The molecule has 0 radical (unpaired) electrons. The van der Waals surface area contributed by atoms with Crippen molar-refractivity contribution in [3.05, 3.63) is 34.9 Å². The molecule has 0 aromatic heterocycles. The summed E-state index contributed by atoms with van der Waals surface area (Å²) < 4.78 is 26.2. The highest BCUT2D eigenvalue weighted by Crippen LogP contribution is 2.15. The van der Waals surface area contributed by atoms with E-state index in [-0.39, 0.29) is 12.1 Å². The monoisotopic (exact) mass is 212 g/mol. The van der Waals surface area contributed by atoms with Gasteiger partial charge in [0.05, 0.1) is 5.56 Å². The van der Waals surface area contributed by atoms with Gasteiger partial charge in [0.1, 0.15) is 6.07 Å². The van der Waals surface area contributed by atoms with Crippen LogP contribution in [0.3, 0.4) is 0 Å². The van der Waals surface area contributed by atoms with Crippen LogP contribution in [-0.4, -0.2) is 11.2 Å². The highest BCUT2D eigenvalue weighted by Gasteiger charge is 2.13. The van der Waals surface area contributed by atoms with E-state index in [1.54, 1.807) is 0 Å². The van der Waals surface area contributed by atoms with E-state index in [1.807, 2.05) is 5.32 Å². The van der Waals surface area contributed by atoms with Crippen molar-refractivity contribution in [1.82, 2.24) is 5.32 Å². The van der Waals surface area contributed by atoms with Crippen molar-refractivity contribution in [1.29, 1.82) is 5.26 Å². The molecule has 1 rings (SSSR count). The Morgan fingerprint density at radius 1 is 1.47 bits per heavy atom. The first kappa shape index (κ1) is 10.9. The van der Waals surface area contributed by atoms with Crippen LogP contribution in [0.15, 0.2) is 12.1 Å². The maximum absolute atomic E-state index is 13.1. The Kier molecular flexibility index (Phi) is 3.18. The van der Waals surface area contributed by atoms with Gasteiger partial charge in [0.25, 0.3) is 0 Å². The molecule has 0 aliphatic carbocycles. The summed E-state index contributed by atoms with van der Waals surface area (Å²) in [6.45, 7) is -0.343. The number of halogens is 2. The van der Waals surface area contributed by atoms with Crippen molar-refractivity contribution >= 4 is 6.09 Å². The molecule has 0 spiro atoms. The SMILES string of the molecule is N#Cc1ccc(CNC(=O)O)c(F)c1F. The minimum atomic E-state index is -1.33. The normalized spacial score (nSPS) is 9.40. The molecule has 4 nitrogen and oxygen atoms in total. The molecular formula is C9H6F2N2O2. The zero-order valence-corrected chi connectivity index (χ0v) is 7.42. The minimum absolute atomic E-state index is 0.145. The number of rotatable bonds is 2. The van der Waals surface area contributed by atoms with Crippen LogP contribution in [0.25, 0.3) is 0 Å². The van der Waals surface area contributed by atoms with Gasteiger partial charge in [-0.05, 0) is 6.07 Å². The molecule has 6 heteroatoms. The Labute approximate surface area is 83.8 Å². The first-order valence-electron chi connectivity index (χ1n) is 3.90. The molecule has 0 heterocycles. The molecular weight excluding hydrogens is 206 g/mol. The van der Waals surface area contributed by atoms with Gasteiger partial charge in [-0.3, -0.25) is 0 Å². The van der Waals surface area contributed by atoms with Crippen LogP contribution in [-0.2, 0) is 6.54 Å². The third-order valence-corrected chi connectivity index (χ3v) is 1.71. The van der Waals surface area contributed by atoms with Gasteiger partial charge in [-0.2, -0.15) is 5.26 Å². The Bertz CT molecular complexity index is 440. The van der Waals surface area contributed by atoms with Gasteiger partial charge in [-0.15, -0.1) is 0 Å². The standard InChI is InChI=1S/C9H6F2N2O2/c10-7-5(3-12)1-2-6(8(7)11)4-13-9(14)15/h1-2,13H,4H2,(H,14,15). The van der Waals surface area contributed by atoms with Crippen molar-refractivity contribution in [3.63, 3.8) is 0 Å². The predicted molar refractivity (Wildman–Crippen MR) is 45.9 cm³/mol. The number of amides is 1. The van der Waals surface area contributed by atoms with E-state index in [1.165, 1.54) is 6.07 Å². The largest absolute Gasteiger partial charge is 0.465 e. The minimum Gasteiger partial charge on any atom is -0.465 e. The van der Waals surface area contributed by atoms with E-state index in [2.05, 4.69) is 0 Å². The fourth-order valence-corrected chi connectivity index (χ4v) is 0.983. The zero-order chi connectivity index (χ0) is 11.4. The Balaban J connectivity index is 2.98. The number of hydrogen-bond donors (Lipinski definition) is 2. The summed E-state index contributed by atoms with van der Waals surface area (Å²) in [5.74, 6) is -2.47. The van der Waals surface area contributed by atoms with Crippen molar-refractivity contribution in [2.45, 2.75) is 6.54 Å². The third-order valence-electron chi connectivity index (χ3n) is 1.71. The highest BCUT2D eigenvalue weighted by atomic mass is 19.2. The maximum atomic E-state index is 13.1. The maximum Gasteiger partial charge on any atom is 0.404 e. The van der Waals surface area contributed by atoms with Gasteiger partial charge in [0, 0.05) is 12.1 Å². The number of carbonyl (C=O) groups is 1. The van der Waals surface area contributed by atoms with Gasteiger partial charge in [-0.25, -0.2) is 13.6 Å². The van der Waals surface area contributed by atoms with Crippen molar-refractivity contribution in [2.24, 2.45) is 0 Å². The van der Waals surface area contributed by atoms with Crippen LogP contribution in [0.4, 0.5) is 13.6 Å². The summed E-state index contributed by atoms with van der Waals surface area (Å²) in [5.41, 5.74) is -0.555. The number of benzene rings is 1. The molecule has 0 aliphatic rings. The summed E-state index contributed by atoms with van der Waals surface area (Å²) in [6, 6.07) is 3.73. The number of carboxylic acid groups (broad SMARTS) is 1. The topological polar surface area (TPSA) is 73.1 Å². The molecule has 2 N–H and O–H groups in total. The highest BCUT2D eigenvalue weighted by molar-refractivity contribution is 5.64. The van der Waals surface area contributed by atoms with Crippen LogP contribution >= 0.6 is 0 Å². The summed E-state index contributed by atoms with van der Waals surface area (Å²) >= 11 is 0. The Hall–Kier alpha value is -2.16. The number of nitriles is 1. The lowest BCUT2D eigenvalue weighted by Gasteiger charge is -2.04. The zero-order valence-electron chi connectivity index (χ0n) is 7.42. The number of nitrogens with zero attached hydrogens (tertiary/aromatic N) is 1. The molecule has 78 valence electrons. The van der Waals surface area contributed by atoms with Gasteiger partial charge in [0.2, 0.25) is 0 Å². The van der Waals surface area contributed by atoms with Gasteiger partial charge < -0.3 is 10.4 Å². The van der Waals surface area contributed by atoms with Crippen LogP contribution in [0, 0.1) is 23.0 Å². The van der Waals surface area contributed by atoms with E-state index in [9.17, 15) is 13.6 Å². The molecule has 0 saturated carbocycles. The average Bonchev–Trinajstić information content (AvgIpc) is 2.20. The first-order chi connectivity index (χ1) is 7.06.